The first kappa shape index (κ1) is 12.8. The average molecular weight is 253 g/mol. The Kier molecular flexibility index (Phi) is 4.15. The molecule has 0 bridgehead atoms. The summed E-state index contributed by atoms with van der Waals surface area (Å²) in [5, 5.41) is 8.65. The number of anilines is 1. The lowest BCUT2D eigenvalue weighted by Crippen LogP contribution is -2.36. The number of aliphatic carboxylic acids is 1. The number of halogens is 1. The van der Waals surface area contributed by atoms with Gasteiger partial charge in [0, 0.05) is 19.5 Å². The molecule has 2 rings (SSSR count). The van der Waals surface area contributed by atoms with Crippen molar-refractivity contribution in [3.8, 4) is 0 Å². The summed E-state index contributed by atoms with van der Waals surface area (Å²) in [5.41, 5.74) is 1.39. The van der Waals surface area contributed by atoms with Crippen LogP contribution < -0.4 is 4.90 Å². The fourth-order valence-electron chi connectivity index (χ4n) is 2.01. The van der Waals surface area contributed by atoms with E-state index in [-0.39, 0.29) is 12.2 Å². The third-order valence-corrected chi connectivity index (χ3v) is 2.99. The number of hydrogen-bond acceptors (Lipinski definition) is 3. The Morgan fingerprint density at radius 1 is 1.39 bits per heavy atom. The predicted octanol–water partition coefficient (Wildman–Crippen LogP) is 1.68. The minimum Gasteiger partial charge on any atom is -0.481 e. The Morgan fingerprint density at radius 2 is 2.11 bits per heavy atom. The molecule has 4 nitrogen and oxygen atoms in total. The minimum atomic E-state index is -0.841. The lowest BCUT2D eigenvalue weighted by Gasteiger charge is -2.29. The largest absolute Gasteiger partial charge is 0.481 e. The molecular formula is C13H16FNO3. The summed E-state index contributed by atoms with van der Waals surface area (Å²) in [5.74, 6) is -1.11. The molecule has 0 spiro atoms. The molecular weight excluding hydrogens is 237 g/mol. The van der Waals surface area contributed by atoms with Crippen LogP contribution in [0.1, 0.15) is 12.0 Å². The van der Waals surface area contributed by atoms with Crippen LogP contribution >= 0.6 is 0 Å². The molecule has 0 aromatic heterocycles. The highest BCUT2D eigenvalue weighted by atomic mass is 19.1. The van der Waals surface area contributed by atoms with Gasteiger partial charge in [-0.3, -0.25) is 4.79 Å². The van der Waals surface area contributed by atoms with Crippen LogP contribution in [0.3, 0.4) is 0 Å². The molecule has 0 amide bonds. The van der Waals surface area contributed by atoms with Gasteiger partial charge < -0.3 is 14.7 Å². The number of morpholine rings is 1. The third-order valence-electron chi connectivity index (χ3n) is 2.99. The Balaban J connectivity index is 2.12. The molecule has 1 heterocycles. The lowest BCUT2D eigenvalue weighted by atomic mass is 10.1. The highest BCUT2D eigenvalue weighted by Crippen LogP contribution is 2.22. The molecule has 1 aliphatic heterocycles. The minimum absolute atomic E-state index is 0.0637. The Labute approximate surface area is 105 Å². The van der Waals surface area contributed by atoms with Crippen molar-refractivity contribution in [2.24, 2.45) is 0 Å². The van der Waals surface area contributed by atoms with Crippen LogP contribution in [0.15, 0.2) is 18.2 Å². The number of nitrogens with zero attached hydrogens (tertiary/aromatic N) is 1. The second kappa shape index (κ2) is 5.82. The van der Waals surface area contributed by atoms with Gasteiger partial charge in [-0.25, -0.2) is 4.39 Å². The Morgan fingerprint density at radius 3 is 2.78 bits per heavy atom. The molecule has 5 heteroatoms. The van der Waals surface area contributed by atoms with Crippen molar-refractivity contribution in [1.29, 1.82) is 0 Å². The number of rotatable bonds is 4. The van der Waals surface area contributed by atoms with E-state index in [2.05, 4.69) is 0 Å². The zero-order valence-electron chi connectivity index (χ0n) is 10.1. The number of ether oxygens (including phenoxy) is 1. The average Bonchev–Trinajstić information content (AvgIpc) is 2.38. The molecule has 1 N–H and O–H groups in total. The maximum atomic E-state index is 13.8. The molecule has 0 aliphatic carbocycles. The van der Waals surface area contributed by atoms with E-state index in [1.165, 1.54) is 6.07 Å². The fourth-order valence-corrected chi connectivity index (χ4v) is 2.01. The second-order valence-corrected chi connectivity index (χ2v) is 4.28. The smallest absolute Gasteiger partial charge is 0.303 e. The first-order valence-electron chi connectivity index (χ1n) is 6.00. The van der Waals surface area contributed by atoms with Crippen molar-refractivity contribution in [2.45, 2.75) is 12.8 Å². The quantitative estimate of drug-likeness (QED) is 0.887. The van der Waals surface area contributed by atoms with Gasteiger partial charge in [0.05, 0.1) is 18.9 Å². The molecule has 18 heavy (non-hydrogen) atoms. The number of hydrogen-bond donors (Lipinski definition) is 1. The molecule has 98 valence electrons. The summed E-state index contributed by atoms with van der Waals surface area (Å²) in [4.78, 5) is 12.5. The molecule has 0 radical (unpaired) electrons. The highest BCUT2D eigenvalue weighted by Gasteiger charge is 2.15. The van der Waals surface area contributed by atoms with Crippen LogP contribution in [-0.4, -0.2) is 37.4 Å². The van der Waals surface area contributed by atoms with Gasteiger partial charge in [-0.1, -0.05) is 6.07 Å². The van der Waals surface area contributed by atoms with Crippen molar-refractivity contribution in [3.05, 3.63) is 29.6 Å². The van der Waals surface area contributed by atoms with Gasteiger partial charge in [-0.05, 0) is 24.1 Å². The SMILES string of the molecule is O=C(O)CCc1ccc(F)c(N2CCOCC2)c1. The van der Waals surface area contributed by atoms with Crippen molar-refractivity contribution < 1.29 is 19.0 Å². The zero-order valence-corrected chi connectivity index (χ0v) is 10.1. The topological polar surface area (TPSA) is 49.8 Å². The van der Waals surface area contributed by atoms with Crippen LogP contribution in [0.2, 0.25) is 0 Å². The number of aryl methyl sites for hydroxylation is 1. The molecule has 0 unspecified atom stereocenters. The summed E-state index contributed by atoms with van der Waals surface area (Å²) < 4.78 is 19.0. The number of carbonyl (C=O) groups is 1. The van der Waals surface area contributed by atoms with E-state index in [1.54, 1.807) is 12.1 Å². The second-order valence-electron chi connectivity index (χ2n) is 4.28. The maximum Gasteiger partial charge on any atom is 0.303 e. The van der Waals surface area contributed by atoms with Crippen molar-refractivity contribution in [3.63, 3.8) is 0 Å². The van der Waals surface area contributed by atoms with E-state index in [4.69, 9.17) is 9.84 Å². The van der Waals surface area contributed by atoms with E-state index in [0.29, 0.717) is 38.4 Å². The summed E-state index contributed by atoms with van der Waals surface area (Å²) in [6.07, 6.45) is 0.487. The molecule has 0 saturated carbocycles. The van der Waals surface area contributed by atoms with Gasteiger partial charge >= 0.3 is 5.97 Å². The van der Waals surface area contributed by atoms with Gasteiger partial charge in [0.25, 0.3) is 0 Å². The van der Waals surface area contributed by atoms with Crippen LogP contribution in [0.25, 0.3) is 0 Å². The Bertz CT molecular complexity index is 430. The standard InChI is InChI=1S/C13H16FNO3/c14-11-3-1-10(2-4-13(16)17)9-12(11)15-5-7-18-8-6-15/h1,3,9H,2,4-8H2,(H,16,17). The van der Waals surface area contributed by atoms with Gasteiger partial charge in [-0.15, -0.1) is 0 Å². The van der Waals surface area contributed by atoms with E-state index in [0.717, 1.165) is 5.56 Å². The van der Waals surface area contributed by atoms with Gasteiger partial charge in [0.2, 0.25) is 0 Å². The molecule has 1 aromatic carbocycles. The maximum absolute atomic E-state index is 13.8. The number of carboxylic acids is 1. The number of benzene rings is 1. The Hall–Kier alpha value is -1.62. The van der Waals surface area contributed by atoms with Gasteiger partial charge in [0.15, 0.2) is 0 Å². The van der Waals surface area contributed by atoms with Gasteiger partial charge in [0.1, 0.15) is 5.82 Å². The molecule has 0 atom stereocenters. The fraction of sp³-hybridized carbons (Fsp3) is 0.462. The molecule has 1 saturated heterocycles. The molecule has 1 aliphatic rings. The van der Waals surface area contributed by atoms with Crippen LogP contribution in [0.4, 0.5) is 10.1 Å². The normalized spacial score (nSPS) is 15.7. The highest BCUT2D eigenvalue weighted by molar-refractivity contribution is 5.67. The third kappa shape index (κ3) is 3.20. The summed E-state index contributed by atoms with van der Waals surface area (Å²) in [6, 6.07) is 4.79. The first-order chi connectivity index (χ1) is 8.66. The zero-order chi connectivity index (χ0) is 13.0. The summed E-state index contributed by atoms with van der Waals surface area (Å²) in [7, 11) is 0. The van der Waals surface area contributed by atoms with Crippen LogP contribution in [0, 0.1) is 5.82 Å². The van der Waals surface area contributed by atoms with E-state index in [1.807, 2.05) is 4.90 Å². The first-order valence-corrected chi connectivity index (χ1v) is 6.00. The van der Waals surface area contributed by atoms with Crippen molar-refractivity contribution >= 4 is 11.7 Å². The van der Waals surface area contributed by atoms with Crippen LogP contribution in [0.5, 0.6) is 0 Å². The summed E-state index contributed by atoms with van der Waals surface area (Å²) in [6.45, 7) is 2.52. The van der Waals surface area contributed by atoms with Crippen LogP contribution in [-0.2, 0) is 16.0 Å². The predicted molar refractivity (Wildman–Crippen MR) is 65.4 cm³/mol. The molecule has 1 fully saturated rings. The molecule has 1 aromatic rings. The van der Waals surface area contributed by atoms with Crippen molar-refractivity contribution in [2.75, 3.05) is 31.2 Å². The van der Waals surface area contributed by atoms with E-state index in [9.17, 15) is 9.18 Å². The lowest BCUT2D eigenvalue weighted by molar-refractivity contribution is -0.136. The summed E-state index contributed by atoms with van der Waals surface area (Å²) >= 11 is 0. The monoisotopic (exact) mass is 253 g/mol. The van der Waals surface area contributed by atoms with E-state index < -0.39 is 5.97 Å². The van der Waals surface area contributed by atoms with E-state index >= 15 is 0 Å². The number of carboxylic acid groups (broad SMARTS) is 1. The van der Waals surface area contributed by atoms with Crippen molar-refractivity contribution in [1.82, 2.24) is 0 Å². The van der Waals surface area contributed by atoms with Gasteiger partial charge in [-0.2, -0.15) is 0 Å².